The van der Waals surface area contributed by atoms with E-state index in [0.717, 1.165) is 37.2 Å². The Bertz CT molecular complexity index is 850. The summed E-state index contributed by atoms with van der Waals surface area (Å²) < 4.78 is 0. The highest BCUT2D eigenvalue weighted by Crippen LogP contribution is 2.37. The van der Waals surface area contributed by atoms with Crippen molar-refractivity contribution >= 4 is 17.5 Å². The summed E-state index contributed by atoms with van der Waals surface area (Å²) in [5, 5.41) is 6.38. The standard InChI is InChI=1S/C23H28N4O2/c1-18(19-8-4-2-5-9-19)25-21(28)16-26-17-27(20-10-6-3-7-11-20)23(22(26)29)12-14-24-15-13-23/h2-11,18,24H,12-17H2,1H3,(H,25,28). The van der Waals surface area contributed by atoms with Gasteiger partial charge in [-0.1, -0.05) is 48.5 Å². The molecule has 29 heavy (non-hydrogen) atoms. The Balaban J connectivity index is 1.49. The van der Waals surface area contributed by atoms with Crippen LogP contribution in [0.2, 0.25) is 0 Å². The second kappa shape index (κ2) is 8.25. The number of nitrogens with one attached hydrogen (secondary N) is 2. The van der Waals surface area contributed by atoms with Crippen LogP contribution in [0, 0.1) is 0 Å². The predicted molar refractivity (Wildman–Crippen MR) is 113 cm³/mol. The minimum atomic E-state index is -0.558. The van der Waals surface area contributed by atoms with Gasteiger partial charge < -0.3 is 20.4 Å². The van der Waals surface area contributed by atoms with Gasteiger partial charge in [0.1, 0.15) is 12.1 Å². The third-order valence-corrected chi connectivity index (χ3v) is 6.02. The molecular weight excluding hydrogens is 364 g/mol. The molecule has 6 nitrogen and oxygen atoms in total. The average Bonchev–Trinajstić information content (AvgIpc) is 3.01. The minimum absolute atomic E-state index is 0.0605. The molecule has 2 aliphatic heterocycles. The quantitative estimate of drug-likeness (QED) is 0.820. The van der Waals surface area contributed by atoms with Crippen LogP contribution in [0.1, 0.15) is 31.4 Å². The topological polar surface area (TPSA) is 64.7 Å². The Kier molecular flexibility index (Phi) is 5.53. The molecule has 6 heteroatoms. The van der Waals surface area contributed by atoms with Crippen molar-refractivity contribution in [1.82, 2.24) is 15.5 Å². The number of anilines is 1. The van der Waals surface area contributed by atoms with Crippen LogP contribution >= 0.6 is 0 Å². The van der Waals surface area contributed by atoms with Gasteiger partial charge in [0.25, 0.3) is 0 Å². The SMILES string of the molecule is CC(NC(=O)CN1CN(c2ccccc2)C2(CCNCC2)C1=O)c1ccccc1. The lowest BCUT2D eigenvalue weighted by atomic mass is 9.86. The molecule has 0 aliphatic carbocycles. The van der Waals surface area contributed by atoms with Crippen LogP contribution in [-0.2, 0) is 9.59 Å². The molecule has 2 aromatic carbocycles. The lowest BCUT2D eigenvalue weighted by molar-refractivity contribution is -0.137. The molecule has 1 spiro atoms. The maximum Gasteiger partial charge on any atom is 0.250 e. The fraction of sp³-hybridized carbons (Fsp3) is 0.391. The summed E-state index contributed by atoms with van der Waals surface area (Å²) in [5.74, 6) is -0.0703. The maximum absolute atomic E-state index is 13.4. The van der Waals surface area contributed by atoms with Crippen molar-refractivity contribution < 1.29 is 9.59 Å². The molecule has 0 radical (unpaired) electrons. The number of benzene rings is 2. The Morgan fingerprint density at radius 3 is 2.34 bits per heavy atom. The first kappa shape index (κ1) is 19.5. The second-order valence-corrected chi connectivity index (χ2v) is 7.89. The first-order valence-electron chi connectivity index (χ1n) is 10.3. The summed E-state index contributed by atoms with van der Waals surface area (Å²) in [6, 6.07) is 19.8. The summed E-state index contributed by atoms with van der Waals surface area (Å²) in [5.41, 5.74) is 1.52. The van der Waals surface area contributed by atoms with E-state index in [9.17, 15) is 9.59 Å². The van der Waals surface area contributed by atoms with E-state index in [1.54, 1.807) is 4.90 Å². The smallest absolute Gasteiger partial charge is 0.250 e. The average molecular weight is 393 g/mol. The van der Waals surface area contributed by atoms with Crippen LogP contribution < -0.4 is 15.5 Å². The van der Waals surface area contributed by atoms with Crippen molar-refractivity contribution in [1.29, 1.82) is 0 Å². The summed E-state index contributed by atoms with van der Waals surface area (Å²) in [7, 11) is 0. The fourth-order valence-electron chi connectivity index (χ4n) is 4.45. The van der Waals surface area contributed by atoms with E-state index < -0.39 is 5.54 Å². The van der Waals surface area contributed by atoms with Crippen LogP contribution in [0.4, 0.5) is 5.69 Å². The molecule has 2 N–H and O–H groups in total. The van der Waals surface area contributed by atoms with E-state index in [2.05, 4.69) is 15.5 Å². The zero-order chi connectivity index (χ0) is 20.3. The van der Waals surface area contributed by atoms with E-state index in [1.165, 1.54) is 0 Å². The number of hydrogen-bond donors (Lipinski definition) is 2. The third-order valence-electron chi connectivity index (χ3n) is 6.02. The van der Waals surface area contributed by atoms with Gasteiger partial charge in [0.05, 0.1) is 12.7 Å². The number of nitrogens with zero attached hydrogens (tertiary/aromatic N) is 2. The molecule has 1 atom stereocenters. The monoisotopic (exact) mass is 392 g/mol. The first-order chi connectivity index (χ1) is 14.1. The highest BCUT2D eigenvalue weighted by atomic mass is 16.2. The molecule has 2 fully saturated rings. The Morgan fingerprint density at radius 2 is 1.69 bits per heavy atom. The predicted octanol–water partition coefficient (Wildman–Crippen LogP) is 2.29. The molecule has 4 rings (SSSR count). The number of para-hydroxylation sites is 1. The molecule has 2 aromatic rings. The Labute approximate surface area is 171 Å². The number of hydrogen-bond acceptors (Lipinski definition) is 4. The molecule has 0 saturated carbocycles. The minimum Gasteiger partial charge on any atom is -0.348 e. The summed E-state index contributed by atoms with van der Waals surface area (Å²) in [6.07, 6.45) is 1.50. The normalized spacial score (nSPS) is 19.4. The Hall–Kier alpha value is -2.86. The highest BCUT2D eigenvalue weighted by Gasteiger charge is 2.53. The van der Waals surface area contributed by atoms with Crippen molar-refractivity contribution in [2.75, 3.05) is 31.2 Å². The van der Waals surface area contributed by atoms with Crippen molar-refractivity contribution in [3.8, 4) is 0 Å². The first-order valence-corrected chi connectivity index (χ1v) is 10.3. The molecule has 0 bridgehead atoms. The van der Waals surface area contributed by atoms with E-state index in [-0.39, 0.29) is 24.4 Å². The van der Waals surface area contributed by atoms with Gasteiger partial charge in [0, 0.05) is 5.69 Å². The van der Waals surface area contributed by atoms with E-state index in [1.807, 2.05) is 67.6 Å². The van der Waals surface area contributed by atoms with Crippen molar-refractivity contribution in [3.63, 3.8) is 0 Å². The fourth-order valence-corrected chi connectivity index (χ4v) is 4.45. The van der Waals surface area contributed by atoms with Gasteiger partial charge in [0.2, 0.25) is 11.8 Å². The lowest BCUT2D eigenvalue weighted by Gasteiger charge is -2.40. The number of carbonyl (C=O) groups excluding carboxylic acids is 2. The van der Waals surface area contributed by atoms with Crippen LogP contribution in [0.15, 0.2) is 60.7 Å². The van der Waals surface area contributed by atoms with Crippen LogP contribution in [0.5, 0.6) is 0 Å². The molecule has 2 saturated heterocycles. The van der Waals surface area contributed by atoms with E-state index in [4.69, 9.17) is 0 Å². The molecule has 1 unspecified atom stereocenters. The van der Waals surface area contributed by atoms with Gasteiger partial charge in [0.15, 0.2) is 0 Å². The highest BCUT2D eigenvalue weighted by molar-refractivity contribution is 5.96. The Morgan fingerprint density at radius 1 is 1.07 bits per heavy atom. The van der Waals surface area contributed by atoms with Crippen molar-refractivity contribution in [2.24, 2.45) is 0 Å². The number of carbonyl (C=O) groups is 2. The molecule has 2 amide bonds. The molecule has 2 aliphatic rings. The third kappa shape index (κ3) is 3.85. The van der Waals surface area contributed by atoms with E-state index >= 15 is 0 Å². The van der Waals surface area contributed by atoms with E-state index in [0.29, 0.717) is 6.67 Å². The van der Waals surface area contributed by atoms with Gasteiger partial charge >= 0.3 is 0 Å². The van der Waals surface area contributed by atoms with Crippen molar-refractivity contribution in [3.05, 3.63) is 66.2 Å². The van der Waals surface area contributed by atoms with Crippen LogP contribution in [-0.4, -0.2) is 48.6 Å². The zero-order valence-corrected chi connectivity index (χ0v) is 16.8. The van der Waals surface area contributed by atoms with Crippen molar-refractivity contribution in [2.45, 2.75) is 31.3 Å². The maximum atomic E-state index is 13.4. The summed E-state index contributed by atoms with van der Waals surface area (Å²) in [6.45, 7) is 4.09. The lowest BCUT2D eigenvalue weighted by Crippen LogP contribution is -2.55. The van der Waals surface area contributed by atoms with Gasteiger partial charge in [-0.2, -0.15) is 0 Å². The van der Waals surface area contributed by atoms with Gasteiger partial charge in [-0.3, -0.25) is 9.59 Å². The van der Waals surface area contributed by atoms with Gasteiger partial charge in [-0.25, -0.2) is 0 Å². The molecular formula is C23H28N4O2. The van der Waals surface area contributed by atoms with Gasteiger partial charge in [-0.15, -0.1) is 0 Å². The zero-order valence-electron chi connectivity index (χ0n) is 16.8. The molecule has 152 valence electrons. The molecule has 2 heterocycles. The summed E-state index contributed by atoms with van der Waals surface area (Å²) >= 11 is 0. The second-order valence-electron chi connectivity index (χ2n) is 7.89. The van der Waals surface area contributed by atoms with Crippen LogP contribution in [0.3, 0.4) is 0 Å². The number of piperidine rings is 1. The number of rotatable bonds is 5. The summed E-state index contributed by atoms with van der Waals surface area (Å²) in [4.78, 5) is 30.0. The van der Waals surface area contributed by atoms with Gasteiger partial charge in [-0.05, 0) is 50.6 Å². The van der Waals surface area contributed by atoms with Crippen LogP contribution in [0.25, 0.3) is 0 Å². The number of amides is 2. The largest absolute Gasteiger partial charge is 0.348 e. The molecule has 0 aromatic heterocycles.